The molecule has 0 unspecified atom stereocenters. The predicted molar refractivity (Wildman–Crippen MR) is 106 cm³/mol. The molecule has 0 radical (unpaired) electrons. The molecule has 1 aliphatic rings. The molecule has 2 heterocycles. The highest BCUT2D eigenvalue weighted by molar-refractivity contribution is 7.09. The van der Waals surface area contributed by atoms with Crippen LogP contribution in [0.4, 0.5) is 4.79 Å². The lowest BCUT2D eigenvalue weighted by atomic mass is 10.1. The van der Waals surface area contributed by atoms with Crippen LogP contribution in [0.5, 0.6) is 0 Å². The van der Waals surface area contributed by atoms with Crippen LogP contribution in [0.1, 0.15) is 44.3 Å². The number of aromatic nitrogens is 1. The van der Waals surface area contributed by atoms with Crippen molar-refractivity contribution >= 4 is 23.4 Å². The van der Waals surface area contributed by atoms with E-state index in [1.54, 1.807) is 16.2 Å². The number of guanidine groups is 1. The number of nitrogens with one attached hydrogen (secondary N) is 2. The number of hydrogen-bond acceptors (Lipinski definition) is 5. The van der Waals surface area contributed by atoms with Gasteiger partial charge < -0.3 is 20.3 Å². The molecule has 7 nitrogen and oxygen atoms in total. The minimum absolute atomic E-state index is 0.207. The van der Waals surface area contributed by atoms with Crippen molar-refractivity contribution in [3.8, 4) is 0 Å². The third-order valence-electron chi connectivity index (χ3n) is 4.25. The zero-order chi connectivity index (χ0) is 18.8. The van der Waals surface area contributed by atoms with E-state index in [4.69, 9.17) is 4.74 Å². The van der Waals surface area contributed by atoms with E-state index in [9.17, 15) is 4.79 Å². The van der Waals surface area contributed by atoms with E-state index in [2.05, 4.69) is 39.8 Å². The smallest absolute Gasteiger partial charge is 0.409 e. The van der Waals surface area contributed by atoms with Gasteiger partial charge in [-0.2, -0.15) is 0 Å². The van der Waals surface area contributed by atoms with Crippen LogP contribution in [-0.2, 0) is 17.6 Å². The Morgan fingerprint density at radius 1 is 1.38 bits per heavy atom. The van der Waals surface area contributed by atoms with Crippen LogP contribution in [0, 0.1) is 0 Å². The fraction of sp³-hybridized carbons (Fsp3) is 0.722. The molecule has 0 aromatic carbocycles. The number of rotatable bonds is 7. The van der Waals surface area contributed by atoms with E-state index >= 15 is 0 Å². The maximum absolute atomic E-state index is 11.8. The largest absolute Gasteiger partial charge is 0.450 e. The molecule has 1 aromatic rings. The van der Waals surface area contributed by atoms with Gasteiger partial charge in [-0.25, -0.2) is 9.78 Å². The van der Waals surface area contributed by atoms with Gasteiger partial charge in [0.2, 0.25) is 0 Å². The number of amides is 1. The van der Waals surface area contributed by atoms with Gasteiger partial charge in [0.05, 0.1) is 17.3 Å². The van der Waals surface area contributed by atoms with Crippen LogP contribution < -0.4 is 10.6 Å². The summed E-state index contributed by atoms with van der Waals surface area (Å²) in [4.78, 5) is 22.8. The number of aryl methyl sites for hydroxylation is 1. The molecular formula is C18H31N5O2S. The molecule has 26 heavy (non-hydrogen) atoms. The molecule has 146 valence electrons. The van der Waals surface area contributed by atoms with Gasteiger partial charge in [-0.05, 0) is 33.1 Å². The third kappa shape index (κ3) is 6.48. The van der Waals surface area contributed by atoms with Gasteiger partial charge in [-0.3, -0.25) is 4.99 Å². The topological polar surface area (TPSA) is 78.9 Å². The van der Waals surface area contributed by atoms with Gasteiger partial charge in [0.25, 0.3) is 0 Å². The Hall–Kier alpha value is -1.83. The number of thiazole rings is 1. The van der Waals surface area contributed by atoms with Crippen LogP contribution >= 0.6 is 11.3 Å². The SMILES string of the molecule is CCNC(=NCCc1csc(CC)n1)NC1CCN(C(=O)OCC)CC1. The molecule has 0 aliphatic carbocycles. The van der Waals surface area contributed by atoms with Crippen molar-refractivity contribution in [1.82, 2.24) is 20.5 Å². The molecule has 1 aliphatic heterocycles. The molecule has 0 atom stereocenters. The molecule has 2 N–H and O–H groups in total. The lowest BCUT2D eigenvalue weighted by Crippen LogP contribution is -2.50. The van der Waals surface area contributed by atoms with Gasteiger partial charge in [-0.15, -0.1) is 11.3 Å². The van der Waals surface area contributed by atoms with Crippen molar-refractivity contribution in [1.29, 1.82) is 0 Å². The van der Waals surface area contributed by atoms with Crippen molar-refractivity contribution in [2.24, 2.45) is 4.99 Å². The summed E-state index contributed by atoms with van der Waals surface area (Å²) in [5.74, 6) is 0.841. The van der Waals surface area contributed by atoms with E-state index in [0.717, 1.165) is 43.9 Å². The second kappa shape index (κ2) is 11.0. The average molecular weight is 382 g/mol. The maximum atomic E-state index is 11.8. The zero-order valence-corrected chi connectivity index (χ0v) is 16.9. The molecule has 0 saturated carbocycles. The Labute approximate surface area is 160 Å². The monoisotopic (exact) mass is 381 g/mol. The van der Waals surface area contributed by atoms with Crippen molar-refractivity contribution in [3.63, 3.8) is 0 Å². The molecule has 1 fully saturated rings. The molecule has 0 bridgehead atoms. The lowest BCUT2D eigenvalue weighted by Gasteiger charge is -2.32. The van der Waals surface area contributed by atoms with Crippen molar-refractivity contribution < 1.29 is 9.53 Å². The molecule has 2 rings (SSSR count). The Kier molecular flexibility index (Phi) is 8.67. The Morgan fingerprint density at radius 3 is 2.77 bits per heavy atom. The van der Waals surface area contributed by atoms with Crippen LogP contribution in [0.2, 0.25) is 0 Å². The first-order chi connectivity index (χ1) is 12.7. The van der Waals surface area contributed by atoms with Gasteiger partial charge in [0, 0.05) is 44.0 Å². The first-order valence-corrected chi connectivity index (χ1v) is 10.4. The van der Waals surface area contributed by atoms with E-state index < -0.39 is 0 Å². The number of piperidine rings is 1. The highest BCUT2D eigenvalue weighted by Crippen LogP contribution is 2.12. The molecule has 1 aromatic heterocycles. The summed E-state index contributed by atoms with van der Waals surface area (Å²) in [6.07, 6.45) is 3.43. The minimum atomic E-state index is -0.207. The average Bonchev–Trinajstić information content (AvgIpc) is 3.10. The first kappa shape index (κ1) is 20.5. The van der Waals surface area contributed by atoms with Crippen molar-refractivity contribution in [2.75, 3.05) is 32.8 Å². The summed E-state index contributed by atoms with van der Waals surface area (Å²) in [6.45, 7) is 9.42. The van der Waals surface area contributed by atoms with Crippen LogP contribution in [0.3, 0.4) is 0 Å². The number of hydrogen-bond donors (Lipinski definition) is 2. The number of nitrogens with zero attached hydrogens (tertiary/aromatic N) is 3. The van der Waals surface area contributed by atoms with Crippen molar-refractivity contribution in [3.05, 3.63) is 16.1 Å². The molecule has 1 amide bonds. The molecular weight excluding hydrogens is 350 g/mol. The molecule has 8 heteroatoms. The van der Waals surface area contributed by atoms with E-state index in [1.165, 1.54) is 5.01 Å². The fourth-order valence-electron chi connectivity index (χ4n) is 2.84. The maximum Gasteiger partial charge on any atom is 0.409 e. The number of carbonyl (C=O) groups excluding carboxylic acids is 1. The fourth-order valence-corrected chi connectivity index (χ4v) is 3.62. The van der Waals surface area contributed by atoms with Gasteiger partial charge in [-0.1, -0.05) is 6.92 Å². The summed E-state index contributed by atoms with van der Waals surface area (Å²) < 4.78 is 5.07. The number of likely N-dealkylation sites (tertiary alicyclic amines) is 1. The standard InChI is InChI=1S/C18H31N5O2S/c1-4-16-21-15(13-26-16)7-10-20-17(19-5-2)22-14-8-11-23(12-9-14)18(24)25-6-3/h13-14H,4-12H2,1-3H3,(H2,19,20,22). The summed E-state index contributed by atoms with van der Waals surface area (Å²) in [7, 11) is 0. The quantitative estimate of drug-likeness (QED) is 0.560. The zero-order valence-electron chi connectivity index (χ0n) is 16.1. The minimum Gasteiger partial charge on any atom is -0.450 e. The van der Waals surface area contributed by atoms with Crippen LogP contribution in [-0.4, -0.2) is 60.8 Å². The van der Waals surface area contributed by atoms with Crippen molar-refractivity contribution in [2.45, 2.75) is 52.5 Å². The summed E-state index contributed by atoms with van der Waals surface area (Å²) in [5, 5.41) is 10.1. The number of carbonyl (C=O) groups is 1. The lowest BCUT2D eigenvalue weighted by molar-refractivity contribution is 0.0963. The number of ether oxygens (including phenoxy) is 1. The summed E-state index contributed by atoms with van der Waals surface area (Å²) >= 11 is 1.72. The van der Waals surface area contributed by atoms with Crippen LogP contribution in [0.25, 0.3) is 0 Å². The van der Waals surface area contributed by atoms with Gasteiger partial charge >= 0.3 is 6.09 Å². The Bertz CT molecular complexity index is 582. The van der Waals surface area contributed by atoms with Gasteiger partial charge in [0.15, 0.2) is 5.96 Å². The second-order valence-corrected chi connectivity index (χ2v) is 7.14. The second-order valence-electron chi connectivity index (χ2n) is 6.20. The predicted octanol–water partition coefficient (Wildman–Crippen LogP) is 2.42. The molecule has 0 spiro atoms. The first-order valence-electron chi connectivity index (χ1n) is 9.56. The highest BCUT2D eigenvalue weighted by atomic mass is 32.1. The number of aliphatic imine (C=N–C) groups is 1. The van der Waals surface area contributed by atoms with E-state index in [0.29, 0.717) is 32.3 Å². The van der Waals surface area contributed by atoms with E-state index in [-0.39, 0.29) is 6.09 Å². The normalized spacial score (nSPS) is 15.8. The third-order valence-corrected chi connectivity index (χ3v) is 5.29. The highest BCUT2D eigenvalue weighted by Gasteiger charge is 2.23. The van der Waals surface area contributed by atoms with Gasteiger partial charge in [0.1, 0.15) is 0 Å². The Morgan fingerprint density at radius 2 is 2.15 bits per heavy atom. The summed E-state index contributed by atoms with van der Waals surface area (Å²) in [5.41, 5.74) is 1.12. The van der Waals surface area contributed by atoms with E-state index in [1.807, 2.05) is 6.92 Å². The Balaban J connectivity index is 1.79. The van der Waals surface area contributed by atoms with Crippen LogP contribution in [0.15, 0.2) is 10.4 Å². The summed E-state index contributed by atoms with van der Waals surface area (Å²) in [6, 6.07) is 0.324. The molecule has 1 saturated heterocycles.